The molecule has 106 valence electrons. The second-order valence-electron chi connectivity index (χ2n) is 6.54. The Labute approximate surface area is 120 Å². The summed E-state index contributed by atoms with van der Waals surface area (Å²) < 4.78 is 6.15. The van der Waals surface area contributed by atoms with E-state index in [1.54, 1.807) is 6.20 Å². The van der Waals surface area contributed by atoms with Gasteiger partial charge in [0.2, 0.25) is 5.88 Å². The molecule has 3 rings (SSSR count). The fourth-order valence-corrected chi connectivity index (χ4v) is 2.95. The highest BCUT2D eigenvalue weighted by Gasteiger charge is 2.28. The molecule has 2 aromatic rings. The fourth-order valence-electron chi connectivity index (χ4n) is 2.95. The highest BCUT2D eigenvalue weighted by Crippen LogP contribution is 2.37. The number of ether oxygens (including phenoxy) is 1. The molecular formula is C17H22N2O. The van der Waals surface area contributed by atoms with Crippen LogP contribution in [0.5, 0.6) is 5.88 Å². The Hall–Kier alpha value is -1.77. The maximum Gasteiger partial charge on any atom is 0.221 e. The van der Waals surface area contributed by atoms with Crippen LogP contribution in [0.4, 0.5) is 5.69 Å². The molecule has 1 saturated carbocycles. The predicted molar refractivity (Wildman–Crippen MR) is 82.8 cm³/mol. The van der Waals surface area contributed by atoms with Gasteiger partial charge >= 0.3 is 0 Å². The zero-order valence-electron chi connectivity index (χ0n) is 12.2. The number of aromatic nitrogens is 1. The third-order valence-corrected chi connectivity index (χ3v) is 4.37. The highest BCUT2D eigenvalue weighted by atomic mass is 16.5. The molecule has 0 amide bonds. The molecule has 1 aromatic heterocycles. The van der Waals surface area contributed by atoms with Gasteiger partial charge in [-0.1, -0.05) is 19.9 Å². The average Bonchev–Trinajstić information content (AvgIpc) is 2.42. The number of hydrogen-bond acceptors (Lipinski definition) is 3. The predicted octanol–water partition coefficient (Wildman–Crippen LogP) is 4.16. The summed E-state index contributed by atoms with van der Waals surface area (Å²) in [6.45, 7) is 4.67. The Morgan fingerprint density at radius 1 is 1.15 bits per heavy atom. The Balaban J connectivity index is 1.83. The lowest BCUT2D eigenvalue weighted by molar-refractivity contribution is 0.0963. The van der Waals surface area contributed by atoms with Crippen molar-refractivity contribution in [2.75, 3.05) is 5.73 Å². The van der Waals surface area contributed by atoms with Gasteiger partial charge in [0.25, 0.3) is 0 Å². The van der Waals surface area contributed by atoms with E-state index in [0.717, 1.165) is 35.2 Å². The first-order chi connectivity index (χ1) is 9.55. The van der Waals surface area contributed by atoms with Crippen LogP contribution in [0, 0.1) is 5.41 Å². The number of nitrogens with zero attached hydrogens (tertiary/aromatic N) is 1. The second kappa shape index (κ2) is 4.97. The van der Waals surface area contributed by atoms with E-state index in [1.807, 2.05) is 24.3 Å². The molecule has 0 saturated heterocycles. The summed E-state index contributed by atoms with van der Waals surface area (Å²) in [5.74, 6) is 0.722. The van der Waals surface area contributed by atoms with Crippen molar-refractivity contribution in [3.63, 3.8) is 0 Å². The van der Waals surface area contributed by atoms with Crippen LogP contribution in [0.1, 0.15) is 39.5 Å². The molecule has 3 heteroatoms. The molecule has 1 aliphatic rings. The number of fused-ring (bicyclic) bond motifs is 1. The van der Waals surface area contributed by atoms with Crippen LogP contribution < -0.4 is 10.5 Å². The van der Waals surface area contributed by atoms with Crippen molar-refractivity contribution in [2.45, 2.75) is 45.6 Å². The molecule has 1 aliphatic carbocycles. The minimum atomic E-state index is 0.280. The maximum atomic E-state index is 6.15. The molecule has 0 aliphatic heterocycles. The van der Waals surface area contributed by atoms with Crippen LogP contribution in [-0.4, -0.2) is 11.1 Å². The van der Waals surface area contributed by atoms with Crippen LogP contribution in [0.2, 0.25) is 0 Å². The Morgan fingerprint density at radius 3 is 2.65 bits per heavy atom. The van der Waals surface area contributed by atoms with Gasteiger partial charge in [0, 0.05) is 22.7 Å². The van der Waals surface area contributed by atoms with Gasteiger partial charge in [-0.15, -0.1) is 0 Å². The quantitative estimate of drug-likeness (QED) is 0.833. The van der Waals surface area contributed by atoms with Crippen molar-refractivity contribution in [1.82, 2.24) is 4.98 Å². The van der Waals surface area contributed by atoms with E-state index in [0.29, 0.717) is 5.41 Å². The number of anilines is 1. The zero-order chi connectivity index (χ0) is 14.2. The standard InChI is InChI=1S/C17H22N2O/c1-17(2)9-6-12(7-10-17)20-16-14-4-3-5-15(18)13(14)8-11-19-16/h3-5,8,11-12H,6-7,9-10,18H2,1-2H3. The van der Waals surface area contributed by atoms with Crippen LogP contribution in [0.15, 0.2) is 30.5 Å². The Bertz CT molecular complexity index is 611. The van der Waals surface area contributed by atoms with E-state index in [9.17, 15) is 0 Å². The highest BCUT2D eigenvalue weighted by molar-refractivity contribution is 5.95. The van der Waals surface area contributed by atoms with Crippen molar-refractivity contribution in [1.29, 1.82) is 0 Å². The van der Waals surface area contributed by atoms with E-state index < -0.39 is 0 Å². The van der Waals surface area contributed by atoms with E-state index in [2.05, 4.69) is 18.8 Å². The molecule has 20 heavy (non-hydrogen) atoms. The Morgan fingerprint density at radius 2 is 1.90 bits per heavy atom. The third kappa shape index (κ3) is 2.58. The van der Waals surface area contributed by atoms with Crippen molar-refractivity contribution in [3.8, 4) is 5.88 Å². The summed E-state index contributed by atoms with van der Waals surface area (Å²) in [7, 11) is 0. The molecule has 3 nitrogen and oxygen atoms in total. The van der Waals surface area contributed by atoms with Gasteiger partial charge in [-0.2, -0.15) is 0 Å². The number of benzene rings is 1. The van der Waals surface area contributed by atoms with Gasteiger partial charge < -0.3 is 10.5 Å². The molecule has 0 unspecified atom stereocenters. The van der Waals surface area contributed by atoms with Gasteiger partial charge in [0.15, 0.2) is 0 Å². The Kier molecular flexibility index (Phi) is 3.28. The third-order valence-electron chi connectivity index (χ3n) is 4.37. The second-order valence-corrected chi connectivity index (χ2v) is 6.54. The minimum Gasteiger partial charge on any atom is -0.474 e. The summed E-state index contributed by atoms with van der Waals surface area (Å²) in [6, 6.07) is 7.84. The van der Waals surface area contributed by atoms with Gasteiger partial charge in [0.1, 0.15) is 6.10 Å². The van der Waals surface area contributed by atoms with Crippen molar-refractivity contribution < 1.29 is 4.74 Å². The van der Waals surface area contributed by atoms with Crippen molar-refractivity contribution in [3.05, 3.63) is 30.5 Å². The number of rotatable bonds is 2. The van der Waals surface area contributed by atoms with Gasteiger partial charge in [0.05, 0.1) is 0 Å². The summed E-state index contributed by atoms with van der Waals surface area (Å²) >= 11 is 0. The van der Waals surface area contributed by atoms with E-state index >= 15 is 0 Å². The molecule has 2 N–H and O–H groups in total. The van der Waals surface area contributed by atoms with E-state index in [4.69, 9.17) is 10.5 Å². The summed E-state index contributed by atoms with van der Waals surface area (Å²) in [5.41, 5.74) is 7.24. The minimum absolute atomic E-state index is 0.280. The number of nitrogens with two attached hydrogens (primary N) is 1. The van der Waals surface area contributed by atoms with Crippen molar-refractivity contribution >= 4 is 16.5 Å². The van der Waals surface area contributed by atoms with Gasteiger partial charge in [-0.05, 0) is 49.3 Å². The van der Waals surface area contributed by atoms with Crippen LogP contribution in [0.3, 0.4) is 0 Å². The average molecular weight is 270 g/mol. The van der Waals surface area contributed by atoms with Crippen LogP contribution >= 0.6 is 0 Å². The summed E-state index contributed by atoms with van der Waals surface area (Å²) in [6.07, 6.45) is 6.69. The monoisotopic (exact) mass is 270 g/mol. The lowest BCUT2D eigenvalue weighted by Gasteiger charge is -2.34. The first kappa shape index (κ1) is 13.2. The normalized spacial score (nSPS) is 19.1. The SMILES string of the molecule is CC1(C)CCC(Oc2nccc3c(N)cccc23)CC1. The molecule has 1 heterocycles. The lowest BCUT2D eigenvalue weighted by Crippen LogP contribution is -2.28. The van der Waals surface area contributed by atoms with E-state index in [1.165, 1.54) is 12.8 Å². The van der Waals surface area contributed by atoms with Gasteiger partial charge in [-0.25, -0.2) is 4.98 Å². The smallest absolute Gasteiger partial charge is 0.221 e. The van der Waals surface area contributed by atoms with Gasteiger partial charge in [-0.3, -0.25) is 0 Å². The lowest BCUT2D eigenvalue weighted by atomic mass is 9.76. The number of pyridine rings is 1. The fraction of sp³-hybridized carbons (Fsp3) is 0.471. The largest absolute Gasteiger partial charge is 0.474 e. The molecule has 0 bridgehead atoms. The summed E-state index contributed by atoms with van der Waals surface area (Å²) in [5, 5.41) is 2.03. The maximum absolute atomic E-state index is 6.15. The molecule has 0 radical (unpaired) electrons. The molecule has 0 spiro atoms. The van der Waals surface area contributed by atoms with Crippen molar-refractivity contribution in [2.24, 2.45) is 5.41 Å². The van der Waals surface area contributed by atoms with Crippen LogP contribution in [0.25, 0.3) is 10.8 Å². The molecule has 1 fully saturated rings. The molecule has 0 atom stereocenters. The van der Waals surface area contributed by atoms with Crippen LogP contribution in [-0.2, 0) is 0 Å². The zero-order valence-corrected chi connectivity index (χ0v) is 12.2. The number of hydrogen-bond donors (Lipinski definition) is 1. The van der Waals surface area contributed by atoms with E-state index in [-0.39, 0.29) is 6.10 Å². The molecule has 1 aromatic carbocycles. The molecular weight excluding hydrogens is 248 g/mol. The number of nitrogen functional groups attached to an aromatic ring is 1. The topological polar surface area (TPSA) is 48.1 Å². The summed E-state index contributed by atoms with van der Waals surface area (Å²) in [4.78, 5) is 4.40. The first-order valence-electron chi connectivity index (χ1n) is 7.35. The first-order valence-corrected chi connectivity index (χ1v) is 7.35.